The number of hydrogen-bond donors (Lipinski definition) is 1. The minimum absolute atomic E-state index is 0.772. The summed E-state index contributed by atoms with van der Waals surface area (Å²) in [4.78, 5) is 2.19. The third-order valence-corrected chi connectivity index (χ3v) is 4.15. The fourth-order valence-electron chi connectivity index (χ4n) is 2.21. The largest absolute Gasteiger partial charge is 0.464 e. The maximum Gasteiger partial charge on any atom is 0.123 e. The van der Waals surface area contributed by atoms with E-state index >= 15 is 0 Å². The Morgan fingerprint density at radius 1 is 1.24 bits per heavy atom. The molecule has 0 spiro atoms. The standard InChI is InChI=1S/C17H23BrN2O/c1-4-9-19-11-14-6-7-15(10-17(14)18)20(3)12-16-8-5-13(2)21-16/h5-8,10,19H,4,9,11-12H2,1-3H3. The van der Waals surface area contributed by atoms with Gasteiger partial charge in [0.2, 0.25) is 0 Å². The van der Waals surface area contributed by atoms with E-state index in [1.165, 1.54) is 11.3 Å². The highest BCUT2D eigenvalue weighted by Crippen LogP contribution is 2.25. The van der Waals surface area contributed by atoms with Gasteiger partial charge in [0, 0.05) is 23.8 Å². The molecule has 0 saturated carbocycles. The Kier molecular flexibility index (Phi) is 5.88. The van der Waals surface area contributed by atoms with Crippen LogP contribution in [-0.2, 0) is 13.1 Å². The molecule has 114 valence electrons. The van der Waals surface area contributed by atoms with Crippen LogP contribution in [-0.4, -0.2) is 13.6 Å². The highest BCUT2D eigenvalue weighted by atomic mass is 79.9. The van der Waals surface area contributed by atoms with Gasteiger partial charge in [0.15, 0.2) is 0 Å². The number of halogens is 1. The Hall–Kier alpha value is -1.26. The van der Waals surface area contributed by atoms with Gasteiger partial charge in [-0.05, 0) is 49.7 Å². The molecule has 0 unspecified atom stereocenters. The van der Waals surface area contributed by atoms with Crippen molar-refractivity contribution in [1.82, 2.24) is 5.32 Å². The molecule has 1 heterocycles. The van der Waals surface area contributed by atoms with Crippen molar-refractivity contribution in [2.45, 2.75) is 33.4 Å². The molecule has 0 aliphatic heterocycles. The van der Waals surface area contributed by atoms with E-state index in [1.807, 2.05) is 19.1 Å². The van der Waals surface area contributed by atoms with Crippen LogP contribution in [0.2, 0.25) is 0 Å². The zero-order valence-corrected chi connectivity index (χ0v) is 14.5. The summed E-state index contributed by atoms with van der Waals surface area (Å²) in [5, 5.41) is 3.42. The summed E-state index contributed by atoms with van der Waals surface area (Å²) < 4.78 is 6.78. The summed E-state index contributed by atoms with van der Waals surface area (Å²) >= 11 is 3.67. The molecule has 3 nitrogen and oxygen atoms in total. The number of nitrogens with one attached hydrogen (secondary N) is 1. The van der Waals surface area contributed by atoms with Crippen molar-refractivity contribution in [2.24, 2.45) is 0 Å². The van der Waals surface area contributed by atoms with E-state index in [-0.39, 0.29) is 0 Å². The molecule has 1 N–H and O–H groups in total. The summed E-state index contributed by atoms with van der Waals surface area (Å²) in [6.07, 6.45) is 1.15. The molecule has 0 aliphatic rings. The SMILES string of the molecule is CCCNCc1ccc(N(C)Cc2ccc(C)o2)cc1Br. The lowest BCUT2D eigenvalue weighted by atomic mass is 10.2. The molecule has 21 heavy (non-hydrogen) atoms. The minimum Gasteiger partial charge on any atom is -0.464 e. The summed E-state index contributed by atoms with van der Waals surface area (Å²) in [6.45, 7) is 6.87. The number of hydrogen-bond acceptors (Lipinski definition) is 3. The molecule has 2 rings (SSSR count). The van der Waals surface area contributed by atoms with Gasteiger partial charge in [-0.15, -0.1) is 0 Å². The number of rotatable bonds is 7. The van der Waals surface area contributed by atoms with Crippen molar-refractivity contribution in [3.63, 3.8) is 0 Å². The second-order valence-electron chi connectivity index (χ2n) is 5.32. The quantitative estimate of drug-likeness (QED) is 0.746. The van der Waals surface area contributed by atoms with E-state index in [9.17, 15) is 0 Å². The molecule has 0 radical (unpaired) electrons. The van der Waals surface area contributed by atoms with Crippen LogP contribution in [0.1, 0.15) is 30.4 Å². The fourth-order valence-corrected chi connectivity index (χ4v) is 2.72. The van der Waals surface area contributed by atoms with E-state index in [0.717, 1.165) is 42.0 Å². The average molecular weight is 351 g/mol. The van der Waals surface area contributed by atoms with E-state index < -0.39 is 0 Å². The lowest BCUT2D eigenvalue weighted by molar-refractivity contribution is 0.482. The first-order valence-electron chi connectivity index (χ1n) is 7.35. The zero-order valence-electron chi connectivity index (χ0n) is 12.9. The predicted molar refractivity (Wildman–Crippen MR) is 91.7 cm³/mol. The van der Waals surface area contributed by atoms with E-state index in [0.29, 0.717) is 0 Å². The lowest BCUT2D eigenvalue weighted by Gasteiger charge is -2.19. The van der Waals surface area contributed by atoms with Gasteiger partial charge in [-0.25, -0.2) is 0 Å². The number of nitrogens with zero attached hydrogens (tertiary/aromatic N) is 1. The molecule has 1 aromatic carbocycles. The first-order chi connectivity index (χ1) is 10.1. The fraction of sp³-hybridized carbons (Fsp3) is 0.412. The second-order valence-corrected chi connectivity index (χ2v) is 6.18. The lowest BCUT2D eigenvalue weighted by Crippen LogP contribution is -2.17. The molecule has 0 bridgehead atoms. The molecule has 0 atom stereocenters. The smallest absolute Gasteiger partial charge is 0.123 e. The van der Waals surface area contributed by atoms with Crippen LogP contribution in [0.15, 0.2) is 39.2 Å². The number of furan rings is 1. The van der Waals surface area contributed by atoms with Crippen LogP contribution in [0, 0.1) is 6.92 Å². The second kappa shape index (κ2) is 7.66. The van der Waals surface area contributed by atoms with Crippen LogP contribution < -0.4 is 10.2 Å². The van der Waals surface area contributed by atoms with Crippen LogP contribution in [0.25, 0.3) is 0 Å². The van der Waals surface area contributed by atoms with Crippen LogP contribution in [0.4, 0.5) is 5.69 Å². The van der Waals surface area contributed by atoms with Gasteiger partial charge in [-0.3, -0.25) is 0 Å². The van der Waals surface area contributed by atoms with Gasteiger partial charge < -0.3 is 14.6 Å². The maximum absolute atomic E-state index is 5.63. The van der Waals surface area contributed by atoms with E-state index in [2.05, 4.69) is 58.3 Å². The molecule has 0 saturated heterocycles. The zero-order chi connectivity index (χ0) is 15.2. The highest BCUT2D eigenvalue weighted by molar-refractivity contribution is 9.10. The third-order valence-electron chi connectivity index (χ3n) is 3.41. The Bertz CT molecular complexity index is 580. The van der Waals surface area contributed by atoms with Crippen LogP contribution in [0.3, 0.4) is 0 Å². The number of benzene rings is 1. The van der Waals surface area contributed by atoms with Crippen molar-refractivity contribution >= 4 is 21.6 Å². The van der Waals surface area contributed by atoms with Gasteiger partial charge in [0.25, 0.3) is 0 Å². The number of aryl methyl sites for hydroxylation is 1. The summed E-state index contributed by atoms with van der Waals surface area (Å²) in [5.74, 6) is 1.94. The van der Waals surface area contributed by atoms with Crippen molar-refractivity contribution in [3.05, 3.63) is 51.9 Å². The molecule has 2 aromatic rings. The topological polar surface area (TPSA) is 28.4 Å². The van der Waals surface area contributed by atoms with E-state index in [4.69, 9.17) is 4.42 Å². The average Bonchev–Trinajstić information content (AvgIpc) is 2.86. The van der Waals surface area contributed by atoms with Crippen LogP contribution in [0.5, 0.6) is 0 Å². The Morgan fingerprint density at radius 3 is 2.67 bits per heavy atom. The predicted octanol–water partition coefficient (Wildman–Crippen LogP) is 4.49. The molecule has 0 aliphatic carbocycles. The summed E-state index contributed by atoms with van der Waals surface area (Å²) in [6, 6.07) is 10.5. The molecule has 4 heteroatoms. The van der Waals surface area contributed by atoms with Gasteiger partial charge in [0.05, 0.1) is 6.54 Å². The van der Waals surface area contributed by atoms with Crippen molar-refractivity contribution in [1.29, 1.82) is 0 Å². The van der Waals surface area contributed by atoms with Crippen molar-refractivity contribution in [2.75, 3.05) is 18.5 Å². The van der Waals surface area contributed by atoms with Gasteiger partial charge in [-0.1, -0.05) is 28.9 Å². The van der Waals surface area contributed by atoms with Gasteiger partial charge in [-0.2, -0.15) is 0 Å². The highest BCUT2D eigenvalue weighted by Gasteiger charge is 2.08. The molecular weight excluding hydrogens is 328 g/mol. The molecule has 1 aromatic heterocycles. The first kappa shape index (κ1) is 16.1. The molecule has 0 fully saturated rings. The Balaban J connectivity index is 2.01. The van der Waals surface area contributed by atoms with Gasteiger partial charge >= 0.3 is 0 Å². The van der Waals surface area contributed by atoms with Gasteiger partial charge in [0.1, 0.15) is 11.5 Å². The Morgan fingerprint density at radius 2 is 2.05 bits per heavy atom. The minimum atomic E-state index is 0.772. The normalized spacial score (nSPS) is 10.9. The summed E-state index contributed by atoms with van der Waals surface area (Å²) in [5.41, 5.74) is 2.46. The first-order valence-corrected chi connectivity index (χ1v) is 8.15. The van der Waals surface area contributed by atoms with E-state index in [1.54, 1.807) is 0 Å². The monoisotopic (exact) mass is 350 g/mol. The van der Waals surface area contributed by atoms with Crippen LogP contribution >= 0.6 is 15.9 Å². The third kappa shape index (κ3) is 4.61. The van der Waals surface area contributed by atoms with Crippen molar-refractivity contribution in [3.8, 4) is 0 Å². The maximum atomic E-state index is 5.63. The molecule has 0 amide bonds. The Labute approximate surface area is 135 Å². The summed E-state index contributed by atoms with van der Waals surface area (Å²) in [7, 11) is 2.08. The van der Waals surface area contributed by atoms with Crippen molar-refractivity contribution < 1.29 is 4.42 Å². The number of anilines is 1. The molecular formula is C17H23BrN2O.